The maximum absolute atomic E-state index is 5.57. The van der Waals surface area contributed by atoms with Gasteiger partial charge in [-0.3, -0.25) is 0 Å². The van der Waals surface area contributed by atoms with Crippen molar-refractivity contribution in [3.8, 4) is 22.6 Å². The summed E-state index contributed by atoms with van der Waals surface area (Å²) in [6.45, 7) is 4.66. The molecule has 0 saturated heterocycles. The summed E-state index contributed by atoms with van der Waals surface area (Å²) in [6, 6.07) is 12.6. The molecular formula is C17H16N4O. The highest BCUT2D eigenvalue weighted by molar-refractivity contribution is 5.83. The van der Waals surface area contributed by atoms with E-state index in [9.17, 15) is 0 Å². The fourth-order valence-corrected chi connectivity index (χ4v) is 2.83. The minimum absolute atomic E-state index is 0.567. The first kappa shape index (κ1) is 12.9. The van der Waals surface area contributed by atoms with Crippen molar-refractivity contribution in [3.05, 3.63) is 47.9 Å². The van der Waals surface area contributed by atoms with Crippen molar-refractivity contribution in [2.24, 2.45) is 0 Å². The third kappa shape index (κ3) is 2.02. The van der Waals surface area contributed by atoms with Crippen molar-refractivity contribution in [2.75, 3.05) is 17.3 Å². The number of anilines is 2. The van der Waals surface area contributed by atoms with Gasteiger partial charge < -0.3 is 15.1 Å². The van der Waals surface area contributed by atoms with Crippen LogP contribution in [0.1, 0.15) is 11.5 Å². The summed E-state index contributed by atoms with van der Waals surface area (Å²) in [7, 11) is 0. The second kappa shape index (κ2) is 4.87. The van der Waals surface area contributed by atoms with Gasteiger partial charge in [0.25, 0.3) is 0 Å². The lowest BCUT2D eigenvalue weighted by atomic mass is 9.96. The molecule has 5 heteroatoms. The van der Waals surface area contributed by atoms with Crippen LogP contribution in [0.5, 0.6) is 0 Å². The Labute approximate surface area is 128 Å². The highest BCUT2D eigenvalue weighted by Gasteiger charge is 2.15. The van der Waals surface area contributed by atoms with E-state index in [1.54, 1.807) is 6.92 Å². The highest BCUT2D eigenvalue weighted by Crippen LogP contribution is 2.35. The zero-order chi connectivity index (χ0) is 15.1. The molecule has 0 spiro atoms. The molecule has 1 aliphatic heterocycles. The Balaban J connectivity index is 1.83. The van der Waals surface area contributed by atoms with E-state index in [-0.39, 0.29) is 0 Å². The number of aryl methyl sites for hydroxylation is 1. The molecule has 0 amide bonds. The topological polar surface area (TPSA) is 63.0 Å². The van der Waals surface area contributed by atoms with Crippen LogP contribution in [-0.2, 0) is 0 Å². The van der Waals surface area contributed by atoms with Crippen LogP contribution in [0.2, 0.25) is 0 Å². The number of hydrogen-bond donors (Lipinski definition) is 2. The average Bonchev–Trinajstić information content (AvgIpc) is 3.15. The molecule has 110 valence electrons. The largest absolute Gasteiger partial charge is 0.421 e. The summed E-state index contributed by atoms with van der Waals surface area (Å²) in [5, 5.41) is 14.7. The van der Waals surface area contributed by atoms with Gasteiger partial charge in [0.1, 0.15) is 0 Å². The van der Waals surface area contributed by atoms with Crippen LogP contribution >= 0.6 is 0 Å². The van der Waals surface area contributed by atoms with E-state index < -0.39 is 0 Å². The third-order valence-corrected chi connectivity index (χ3v) is 3.98. The van der Waals surface area contributed by atoms with Crippen LogP contribution in [0, 0.1) is 13.8 Å². The zero-order valence-corrected chi connectivity index (χ0v) is 12.5. The standard InChI is InChI=1S/C17H16N4O/c1-10-13(12-6-7-15-16(8-12)19-9-18-15)4-3-5-14(10)17-21-20-11(2)22-17/h3-8,18-19H,9H2,1-2H3. The Morgan fingerprint density at radius 1 is 0.955 bits per heavy atom. The van der Waals surface area contributed by atoms with E-state index in [4.69, 9.17) is 4.42 Å². The molecule has 0 bridgehead atoms. The van der Waals surface area contributed by atoms with Crippen molar-refractivity contribution in [1.29, 1.82) is 0 Å². The van der Waals surface area contributed by atoms with Gasteiger partial charge in [-0.1, -0.05) is 18.2 Å². The van der Waals surface area contributed by atoms with Crippen molar-refractivity contribution in [3.63, 3.8) is 0 Å². The van der Waals surface area contributed by atoms with Gasteiger partial charge in [-0.15, -0.1) is 10.2 Å². The van der Waals surface area contributed by atoms with Gasteiger partial charge in [0.2, 0.25) is 11.8 Å². The second-order valence-corrected chi connectivity index (χ2v) is 5.40. The van der Waals surface area contributed by atoms with E-state index >= 15 is 0 Å². The van der Waals surface area contributed by atoms with Gasteiger partial charge in [0.15, 0.2) is 0 Å². The Kier molecular flexibility index (Phi) is 2.85. The van der Waals surface area contributed by atoms with Crippen molar-refractivity contribution in [2.45, 2.75) is 13.8 Å². The molecule has 1 aliphatic rings. The fourth-order valence-electron chi connectivity index (χ4n) is 2.83. The minimum atomic E-state index is 0.567. The predicted octanol–water partition coefficient (Wildman–Crippen LogP) is 3.82. The summed E-state index contributed by atoms with van der Waals surface area (Å²) in [6.07, 6.45) is 0. The van der Waals surface area contributed by atoms with E-state index in [0.717, 1.165) is 29.2 Å². The van der Waals surface area contributed by atoms with E-state index in [0.29, 0.717) is 11.8 Å². The maximum Gasteiger partial charge on any atom is 0.248 e. The van der Waals surface area contributed by atoms with Gasteiger partial charge in [-0.2, -0.15) is 0 Å². The lowest BCUT2D eigenvalue weighted by Crippen LogP contribution is -1.98. The van der Waals surface area contributed by atoms with E-state index in [2.05, 4.69) is 52.0 Å². The highest BCUT2D eigenvalue weighted by atomic mass is 16.4. The van der Waals surface area contributed by atoms with Crippen LogP contribution < -0.4 is 10.6 Å². The minimum Gasteiger partial charge on any atom is -0.421 e. The van der Waals surface area contributed by atoms with Gasteiger partial charge in [0, 0.05) is 12.5 Å². The number of hydrogen-bond acceptors (Lipinski definition) is 5. The molecule has 22 heavy (non-hydrogen) atoms. The number of nitrogens with one attached hydrogen (secondary N) is 2. The molecular weight excluding hydrogens is 276 g/mol. The number of aromatic nitrogens is 2. The van der Waals surface area contributed by atoms with Crippen LogP contribution in [0.4, 0.5) is 11.4 Å². The molecule has 2 aromatic carbocycles. The van der Waals surface area contributed by atoms with Crippen molar-refractivity contribution in [1.82, 2.24) is 10.2 Å². The zero-order valence-electron chi connectivity index (χ0n) is 12.5. The molecule has 4 rings (SSSR count). The molecule has 3 aromatic rings. The molecule has 0 atom stereocenters. The average molecular weight is 292 g/mol. The quantitative estimate of drug-likeness (QED) is 0.752. The number of nitrogens with zero attached hydrogens (tertiary/aromatic N) is 2. The number of fused-ring (bicyclic) bond motifs is 1. The van der Waals surface area contributed by atoms with Crippen LogP contribution in [0.3, 0.4) is 0 Å². The second-order valence-electron chi connectivity index (χ2n) is 5.40. The van der Waals surface area contributed by atoms with Crippen LogP contribution in [0.15, 0.2) is 40.8 Å². The molecule has 2 heterocycles. The molecule has 0 fully saturated rings. The molecule has 0 radical (unpaired) electrons. The Hall–Kier alpha value is -2.82. The van der Waals surface area contributed by atoms with Crippen molar-refractivity contribution >= 4 is 11.4 Å². The Morgan fingerprint density at radius 2 is 1.77 bits per heavy atom. The molecule has 2 N–H and O–H groups in total. The number of rotatable bonds is 2. The van der Waals surface area contributed by atoms with Gasteiger partial charge >= 0.3 is 0 Å². The summed E-state index contributed by atoms with van der Waals surface area (Å²) in [4.78, 5) is 0. The Bertz CT molecular complexity index is 854. The third-order valence-electron chi connectivity index (χ3n) is 3.98. The summed E-state index contributed by atoms with van der Waals surface area (Å²) < 4.78 is 5.57. The molecule has 0 aliphatic carbocycles. The lowest BCUT2D eigenvalue weighted by molar-refractivity contribution is 0.532. The first-order chi connectivity index (χ1) is 10.7. The monoisotopic (exact) mass is 292 g/mol. The Morgan fingerprint density at radius 3 is 2.59 bits per heavy atom. The van der Waals surface area contributed by atoms with Crippen LogP contribution in [0.25, 0.3) is 22.6 Å². The summed E-state index contributed by atoms with van der Waals surface area (Å²) in [5.74, 6) is 1.14. The normalized spacial score (nSPS) is 12.6. The number of benzene rings is 2. The summed E-state index contributed by atoms with van der Waals surface area (Å²) in [5.41, 5.74) is 6.73. The molecule has 0 saturated carbocycles. The smallest absolute Gasteiger partial charge is 0.248 e. The van der Waals surface area contributed by atoms with Crippen molar-refractivity contribution < 1.29 is 4.42 Å². The molecule has 0 unspecified atom stereocenters. The van der Waals surface area contributed by atoms with E-state index in [1.165, 1.54) is 11.1 Å². The fraction of sp³-hybridized carbons (Fsp3) is 0.176. The molecule has 1 aromatic heterocycles. The first-order valence-corrected chi connectivity index (χ1v) is 7.24. The maximum atomic E-state index is 5.57. The predicted molar refractivity (Wildman–Crippen MR) is 86.8 cm³/mol. The van der Waals surface area contributed by atoms with Gasteiger partial charge in [-0.25, -0.2) is 0 Å². The SMILES string of the molecule is Cc1nnc(-c2cccc(-c3ccc4c(c3)NCN4)c2C)o1. The summed E-state index contributed by atoms with van der Waals surface area (Å²) >= 11 is 0. The van der Waals surface area contributed by atoms with E-state index in [1.807, 2.05) is 12.1 Å². The first-order valence-electron chi connectivity index (χ1n) is 7.24. The lowest BCUT2D eigenvalue weighted by Gasteiger charge is -2.10. The molecule has 5 nitrogen and oxygen atoms in total. The van der Waals surface area contributed by atoms with Gasteiger partial charge in [0.05, 0.1) is 18.0 Å². The van der Waals surface area contributed by atoms with Crippen LogP contribution in [-0.4, -0.2) is 16.9 Å². The van der Waals surface area contributed by atoms with Gasteiger partial charge in [-0.05, 0) is 41.8 Å².